The number of hydrogen-bond donors (Lipinski definition) is 0. The predicted octanol–water partition coefficient (Wildman–Crippen LogP) is 3.99. The summed E-state index contributed by atoms with van der Waals surface area (Å²) >= 11 is 0. The van der Waals surface area contributed by atoms with Gasteiger partial charge in [-0.25, -0.2) is 8.78 Å². The lowest BCUT2D eigenvalue weighted by atomic mass is 10.1. The van der Waals surface area contributed by atoms with Crippen LogP contribution in [0.2, 0.25) is 0 Å². The number of aryl methyl sites for hydroxylation is 1. The van der Waals surface area contributed by atoms with Gasteiger partial charge >= 0.3 is 0 Å². The molecule has 4 rings (SSSR count). The Labute approximate surface area is 167 Å². The number of ether oxygens (including phenoxy) is 1. The van der Waals surface area contributed by atoms with Gasteiger partial charge in [0.25, 0.3) is 5.91 Å². The van der Waals surface area contributed by atoms with E-state index < -0.39 is 0 Å². The van der Waals surface area contributed by atoms with Crippen LogP contribution < -0.4 is 4.74 Å². The Morgan fingerprint density at radius 2 is 1.86 bits per heavy atom. The Bertz CT molecular complexity index is 1060. The van der Waals surface area contributed by atoms with Crippen LogP contribution in [0.25, 0.3) is 11.0 Å². The lowest BCUT2D eigenvalue weighted by molar-refractivity contribution is 0.0599. The zero-order chi connectivity index (χ0) is 20.5. The molecule has 1 aromatic heterocycles. The van der Waals surface area contributed by atoms with Crippen molar-refractivity contribution in [1.82, 2.24) is 9.80 Å². The molecule has 0 atom stereocenters. The van der Waals surface area contributed by atoms with E-state index in [4.69, 9.17) is 9.15 Å². The van der Waals surface area contributed by atoms with E-state index in [-0.39, 0.29) is 29.1 Å². The Morgan fingerprint density at radius 3 is 2.55 bits per heavy atom. The molecule has 1 saturated heterocycles. The van der Waals surface area contributed by atoms with Crippen LogP contribution >= 0.6 is 0 Å². The van der Waals surface area contributed by atoms with Crippen LogP contribution in [-0.2, 0) is 6.54 Å². The third kappa shape index (κ3) is 3.82. The molecule has 1 amide bonds. The fourth-order valence-corrected chi connectivity index (χ4v) is 3.72. The number of benzene rings is 2. The molecule has 2 aromatic carbocycles. The van der Waals surface area contributed by atoms with Gasteiger partial charge in [-0.1, -0.05) is 6.07 Å². The Balaban J connectivity index is 1.41. The van der Waals surface area contributed by atoms with Gasteiger partial charge in [-0.05, 0) is 42.8 Å². The summed E-state index contributed by atoms with van der Waals surface area (Å²) in [6.07, 6.45) is 0. The first-order valence-electron chi connectivity index (χ1n) is 9.49. The summed E-state index contributed by atoms with van der Waals surface area (Å²) in [4.78, 5) is 16.8. The molecule has 0 bridgehead atoms. The molecule has 7 heteroatoms. The molecule has 29 heavy (non-hydrogen) atoms. The van der Waals surface area contributed by atoms with Gasteiger partial charge in [-0.15, -0.1) is 0 Å². The van der Waals surface area contributed by atoms with Crippen LogP contribution in [0.3, 0.4) is 0 Å². The molecule has 2 heterocycles. The molecule has 1 aliphatic rings. The van der Waals surface area contributed by atoms with Gasteiger partial charge in [-0.2, -0.15) is 0 Å². The second-order valence-electron chi connectivity index (χ2n) is 7.23. The van der Waals surface area contributed by atoms with Crippen molar-refractivity contribution in [3.05, 3.63) is 64.9 Å². The number of amides is 1. The molecular weight excluding hydrogens is 378 g/mol. The fraction of sp³-hybridized carbons (Fsp3) is 0.318. The second-order valence-corrected chi connectivity index (χ2v) is 7.23. The van der Waals surface area contributed by atoms with Crippen molar-refractivity contribution < 1.29 is 22.7 Å². The highest BCUT2D eigenvalue weighted by atomic mass is 19.1. The number of carbonyl (C=O) groups is 1. The number of carbonyl (C=O) groups excluding carboxylic acids is 1. The summed E-state index contributed by atoms with van der Waals surface area (Å²) in [5, 5.41) is 0.619. The van der Waals surface area contributed by atoms with Crippen LogP contribution in [0.4, 0.5) is 8.78 Å². The molecule has 152 valence electrons. The molecule has 1 aliphatic heterocycles. The first-order chi connectivity index (χ1) is 14.0. The first-order valence-corrected chi connectivity index (χ1v) is 9.49. The van der Waals surface area contributed by atoms with E-state index in [9.17, 15) is 13.6 Å². The molecule has 0 saturated carbocycles. The van der Waals surface area contributed by atoms with Gasteiger partial charge in [0.05, 0.1) is 7.11 Å². The minimum atomic E-state index is -0.379. The van der Waals surface area contributed by atoms with Gasteiger partial charge in [0.15, 0.2) is 17.3 Å². The number of hydrogen-bond acceptors (Lipinski definition) is 4. The Morgan fingerprint density at radius 1 is 1.10 bits per heavy atom. The lowest BCUT2D eigenvalue weighted by Gasteiger charge is -2.34. The number of rotatable bonds is 4. The van der Waals surface area contributed by atoms with E-state index in [1.165, 1.54) is 25.3 Å². The molecule has 0 aliphatic carbocycles. The number of methoxy groups -OCH3 is 1. The zero-order valence-electron chi connectivity index (χ0n) is 16.4. The van der Waals surface area contributed by atoms with Gasteiger partial charge in [0.2, 0.25) is 0 Å². The van der Waals surface area contributed by atoms with Crippen LogP contribution in [0.1, 0.15) is 21.7 Å². The number of fused-ring (bicyclic) bond motifs is 1. The Kier molecular flexibility index (Phi) is 5.24. The van der Waals surface area contributed by atoms with Crippen LogP contribution in [-0.4, -0.2) is 49.0 Å². The third-order valence-electron chi connectivity index (χ3n) is 5.37. The van der Waals surface area contributed by atoms with E-state index in [2.05, 4.69) is 4.90 Å². The molecule has 3 aromatic rings. The van der Waals surface area contributed by atoms with Gasteiger partial charge in [0, 0.05) is 43.7 Å². The smallest absolute Gasteiger partial charge is 0.289 e. The lowest BCUT2D eigenvalue weighted by Crippen LogP contribution is -2.48. The minimum Gasteiger partial charge on any atom is -0.494 e. The molecule has 5 nitrogen and oxygen atoms in total. The maximum atomic E-state index is 13.9. The minimum absolute atomic E-state index is 0.186. The standard InChI is InChI=1S/C22H22F2N2O3/c1-14-17-12-16(23)4-6-19(17)29-21(14)22(27)26-9-7-25(8-10-26)13-15-3-5-20(28-2)18(24)11-15/h3-6,11-12H,7-10,13H2,1-2H3. The molecular formula is C22H22F2N2O3. The van der Waals surface area contributed by atoms with Crippen molar-refractivity contribution in [3.63, 3.8) is 0 Å². The topological polar surface area (TPSA) is 45.9 Å². The first kappa shape index (κ1) is 19.4. The molecule has 1 fully saturated rings. The fourth-order valence-electron chi connectivity index (χ4n) is 3.72. The predicted molar refractivity (Wildman–Crippen MR) is 105 cm³/mol. The van der Waals surface area contributed by atoms with Crippen molar-refractivity contribution in [1.29, 1.82) is 0 Å². The summed E-state index contributed by atoms with van der Waals surface area (Å²) < 4.78 is 38.0. The highest BCUT2D eigenvalue weighted by molar-refractivity contribution is 5.99. The van der Waals surface area contributed by atoms with Gasteiger partial charge in [0.1, 0.15) is 11.4 Å². The highest BCUT2D eigenvalue weighted by Gasteiger charge is 2.27. The normalized spacial score (nSPS) is 15.1. The van der Waals surface area contributed by atoms with Gasteiger partial charge in [-0.3, -0.25) is 9.69 Å². The average molecular weight is 400 g/mol. The van der Waals surface area contributed by atoms with Crippen LogP contribution in [0.15, 0.2) is 40.8 Å². The molecule has 0 spiro atoms. The van der Waals surface area contributed by atoms with Crippen molar-refractivity contribution in [2.45, 2.75) is 13.5 Å². The summed E-state index contributed by atoms with van der Waals surface area (Å²) in [7, 11) is 1.44. The van der Waals surface area contributed by atoms with Crippen LogP contribution in [0, 0.1) is 18.6 Å². The summed E-state index contributed by atoms with van der Waals surface area (Å²) in [6, 6.07) is 9.19. The second kappa shape index (κ2) is 7.83. The maximum Gasteiger partial charge on any atom is 0.289 e. The summed E-state index contributed by atoms with van der Waals surface area (Å²) in [5.41, 5.74) is 2.02. The summed E-state index contributed by atoms with van der Waals surface area (Å²) in [6.45, 7) is 4.81. The van der Waals surface area contributed by atoms with E-state index in [1.807, 2.05) is 6.07 Å². The largest absolute Gasteiger partial charge is 0.494 e. The van der Waals surface area contributed by atoms with E-state index in [1.54, 1.807) is 24.0 Å². The average Bonchev–Trinajstić information content (AvgIpc) is 3.04. The summed E-state index contributed by atoms with van der Waals surface area (Å²) in [5.74, 6) is -0.435. The Hall–Kier alpha value is -2.93. The SMILES string of the molecule is COc1ccc(CN2CCN(C(=O)c3oc4ccc(F)cc4c3C)CC2)cc1F. The van der Waals surface area contributed by atoms with Crippen molar-refractivity contribution in [3.8, 4) is 5.75 Å². The monoisotopic (exact) mass is 400 g/mol. The molecule has 0 radical (unpaired) electrons. The van der Waals surface area contributed by atoms with E-state index in [0.717, 1.165) is 5.56 Å². The van der Waals surface area contributed by atoms with Crippen molar-refractivity contribution in [2.24, 2.45) is 0 Å². The highest BCUT2D eigenvalue weighted by Crippen LogP contribution is 2.27. The maximum absolute atomic E-state index is 13.9. The van der Waals surface area contributed by atoms with Gasteiger partial charge < -0.3 is 14.1 Å². The van der Waals surface area contributed by atoms with E-state index >= 15 is 0 Å². The molecule has 0 N–H and O–H groups in total. The van der Waals surface area contributed by atoms with Crippen molar-refractivity contribution >= 4 is 16.9 Å². The third-order valence-corrected chi connectivity index (χ3v) is 5.37. The zero-order valence-corrected chi connectivity index (χ0v) is 16.4. The number of halogens is 2. The van der Waals surface area contributed by atoms with Crippen molar-refractivity contribution in [2.75, 3.05) is 33.3 Å². The van der Waals surface area contributed by atoms with Crippen LogP contribution in [0.5, 0.6) is 5.75 Å². The number of piperazine rings is 1. The van der Waals surface area contributed by atoms with E-state index in [0.29, 0.717) is 49.3 Å². The number of nitrogens with zero attached hydrogens (tertiary/aromatic N) is 2. The quantitative estimate of drug-likeness (QED) is 0.665. The molecule has 0 unspecified atom stereocenters. The number of furan rings is 1.